The van der Waals surface area contributed by atoms with Crippen molar-refractivity contribution in [3.63, 3.8) is 0 Å². The zero-order valence-corrected chi connectivity index (χ0v) is 17.2. The molecule has 0 spiro atoms. The van der Waals surface area contributed by atoms with E-state index in [1.54, 1.807) is 0 Å². The Balaban J connectivity index is 1.75. The second-order valence-electron chi connectivity index (χ2n) is 8.23. The number of benzene rings is 1. The summed E-state index contributed by atoms with van der Waals surface area (Å²) in [4.78, 5) is 23.0. The van der Waals surface area contributed by atoms with Crippen LogP contribution < -0.4 is 4.74 Å². The Hall–Kier alpha value is -2.36. The molecular weight excluding hydrogens is 352 g/mol. The molecule has 3 aliphatic carbocycles. The number of rotatable bonds is 3. The number of hydrogen-bond acceptors (Lipinski definition) is 4. The van der Waals surface area contributed by atoms with Gasteiger partial charge in [-0.15, -0.1) is 0 Å². The Bertz CT molecular complexity index is 921. The van der Waals surface area contributed by atoms with E-state index in [0.717, 1.165) is 44.1 Å². The summed E-state index contributed by atoms with van der Waals surface area (Å²) in [5.74, 6) is 0.204. The minimum atomic E-state index is -0.281. The van der Waals surface area contributed by atoms with E-state index in [9.17, 15) is 9.59 Å². The van der Waals surface area contributed by atoms with Gasteiger partial charge >= 0.3 is 11.9 Å². The van der Waals surface area contributed by atoms with E-state index in [1.165, 1.54) is 41.7 Å². The molecule has 0 saturated carbocycles. The fourth-order valence-corrected chi connectivity index (χ4v) is 5.60. The fraction of sp³-hybridized carbons (Fsp3) is 0.500. The summed E-state index contributed by atoms with van der Waals surface area (Å²) in [7, 11) is 0. The van der Waals surface area contributed by atoms with Crippen molar-refractivity contribution in [3.8, 4) is 5.75 Å². The van der Waals surface area contributed by atoms with Crippen molar-refractivity contribution in [2.24, 2.45) is 5.41 Å². The maximum Gasteiger partial charge on any atom is 0.308 e. The Morgan fingerprint density at radius 2 is 1.89 bits per heavy atom. The van der Waals surface area contributed by atoms with Crippen LogP contribution in [0.25, 0.3) is 5.57 Å². The number of ether oxygens (including phenoxy) is 2. The van der Waals surface area contributed by atoms with Crippen LogP contribution in [-0.4, -0.2) is 18.0 Å². The Morgan fingerprint density at radius 1 is 1.11 bits per heavy atom. The van der Waals surface area contributed by atoms with Gasteiger partial charge in [-0.05, 0) is 78.5 Å². The van der Waals surface area contributed by atoms with E-state index in [1.807, 2.05) is 13.0 Å². The van der Waals surface area contributed by atoms with Crippen LogP contribution in [-0.2, 0) is 20.7 Å². The van der Waals surface area contributed by atoms with Gasteiger partial charge in [-0.1, -0.05) is 19.1 Å². The number of hydrogen-bond donors (Lipinski definition) is 0. The summed E-state index contributed by atoms with van der Waals surface area (Å²) in [5, 5.41) is 0. The molecule has 4 rings (SSSR count). The van der Waals surface area contributed by atoms with Crippen LogP contribution in [0.2, 0.25) is 0 Å². The van der Waals surface area contributed by atoms with E-state index in [0.29, 0.717) is 5.75 Å². The van der Waals surface area contributed by atoms with Crippen molar-refractivity contribution in [3.05, 3.63) is 46.0 Å². The van der Waals surface area contributed by atoms with Crippen molar-refractivity contribution >= 4 is 17.5 Å². The van der Waals surface area contributed by atoms with Crippen molar-refractivity contribution < 1.29 is 19.1 Å². The first-order valence-electron chi connectivity index (χ1n) is 10.3. The lowest BCUT2D eigenvalue weighted by Crippen LogP contribution is -2.38. The molecule has 0 bridgehead atoms. The standard InChI is InChI=1S/C24H28O4/c1-5-24-13-12-19-18-8-10-22(27-15(3)25)14(2)17(18)6-7-20(19)21(24)9-11-23(24)28-16(4)26/h8-10,23H,5-7,11-13H2,1-4H3. The molecule has 4 nitrogen and oxygen atoms in total. The van der Waals surface area contributed by atoms with Crippen LogP contribution >= 0.6 is 0 Å². The van der Waals surface area contributed by atoms with Crippen molar-refractivity contribution in [1.82, 2.24) is 0 Å². The first-order valence-corrected chi connectivity index (χ1v) is 10.3. The molecule has 2 unspecified atom stereocenters. The smallest absolute Gasteiger partial charge is 0.308 e. The van der Waals surface area contributed by atoms with Gasteiger partial charge in [0, 0.05) is 25.7 Å². The van der Waals surface area contributed by atoms with E-state index >= 15 is 0 Å². The molecule has 0 aromatic heterocycles. The quantitative estimate of drug-likeness (QED) is 0.542. The second-order valence-corrected chi connectivity index (χ2v) is 8.23. The maximum absolute atomic E-state index is 11.6. The first-order chi connectivity index (χ1) is 13.4. The monoisotopic (exact) mass is 380 g/mol. The molecule has 0 aliphatic heterocycles. The largest absolute Gasteiger partial charge is 0.461 e. The van der Waals surface area contributed by atoms with Crippen molar-refractivity contribution in [1.29, 1.82) is 0 Å². The lowest BCUT2D eigenvalue weighted by atomic mass is 9.62. The lowest BCUT2D eigenvalue weighted by molar-refractivity contribution is -0.151. The average Bonchev–Trinajstić information content (AvgIpc) is 3.01. The molecule has 3 aliphatic rings. The predicted molar refractivity (Wildman–Crippen MR) is 108 cm³/mol. The summed E-state index contributed by atoms with van der Waals surface area (Å²) in [5.41, 5.74) is 7.94. The molecule has 0 saturated heterocycles. The third-order valence-electron chi connectivity index (χ3n) is 6.89. The van der Waals surface area contributed by atoms with Crippen molar-refractivity contribution in [2.45, 2.75) is 72.3 Å². The van der Waals surface area contributed by atoms with Gasteiger partial charge < -0.3 is 9.47 Å². The van der Waals surface area contributed by atoms with Crippen molar-refractivity contribution in [2.75, 3.05) is 0 Å². The van der Waals surface area contributed by atoms with Gasteiger partial charge in [0.2, 0.25) is 0 Å². The Morgan fingerprint density at radius 3 is 2.57 bits per heavy atom. The third kappa shape index (κ3) is 2.81. The van der Waals surface area contributed by atoms with E-state index in [2.05, 4.69) is 19.1 Å². The minimum Gasteiger partial charge on any atom is -0.461 e. The second kappa shape index (κ2) is 6.91. The zero-order valence-electron chi connectivity index (χ0n) is 17.2. The van der Waals surface area contributed by atoms with Gasteiger partial charge in [-0.3, -0.25) is 9.59 Å². The molecular formula is C24H28O4. The number of carbonyl (C=O) groups excluding carboxylic acids is 2. The number of allylic oxidation sites excluding steroid dienone is 2. The first kappa shape index (κ1) is 19.0. The SMILES string of the molecule is CCC12CCC3=C(CCc4c3ccc(OC(C)=O)c4C)C1=CCC2OC(C)=O. The van der Waals surface area contributed by atoms with Gasteiger partial charge in [0.25, 0.3) is 0 Å². The van der Waals surface area contributed by atoms with Crippen LogP contribution in [0, 0.1) is 12.3 Å². The van der Waals surface area contributed by atoms with Crippen LogP contribution in [0.15, 0.2) is 29.4 Å². The van der Waals surface area contributed by atoms with Gasteiger partial charge in [0.15, 0.2) is 0 Å². The highest BCUT2D eigenvalue weighted by Gasteiger charge is 2.50. The Labute approximate surface area is 166 Å². The van der Waals surface area contributed by atoms with Gasteiger partial charge in [-0.2, -0.15) is 0 Å². The normalized spacial score (nSPS) is 25.4. The summed E-state index contributed by atoms with van der Waals surface area (Å²) in [6.45, 7) is 7.22. The topological polar surface area (TPSA) is 52.6 Å². The summed E-state index contributed by atoms with van der Waals surface area (Å²) < 4.78 is 11.1. The molecule has 0 fully saturated rings. The molecule has 0 heterocycles. The molecule has 1 aromatic carbocycles. The molecule has 0 N–H and O–H groups in total. The molecule has 28 heavy (non-hydrogen) atoms. The van der Waals surface area contributed by atoms with Crippen LogP contribution in [0.1, 0.15) is 69.6 Å². The fourth-order valence-electron chi connectivity index (χ4n) is 5.60. The number of fused-ring (bicyclic) bond motifs is 4. The summed E-state index contributed by atoms with van der Waals surface area (Å²) in [6.07, 6.45) is 8.04. The molecule has 148 valence electrons. The van der Waals surface area contributed by atoms with E-state index < -0.39 is 0 Å². The summed E-state index contributed by atoms with van der Waals surface area (Å²) in [6, 6.07) is 4.05. The van der Waals surface area contributed by atoms with Gasteiger partial charge in [0.05, 0.1) is 0 Å². The molecule has 0 amide bonds. The summed E-state index contributed by atoms with van der Waals surface area (Å²) >= 11 is 0. The van der Waals surface area contributed by atoms with Gasteiger partial charge in [0.1, 0.15) is 11.9 Å². The number of esters is 2. The van der Waals surface area contributed by atoms with Crippen LogP contribution in [0.4, 0.5) is 0 Å². The molecule has 1 aromatic rings. The zero-order chi connectivity index (χ0) is 20.1. The Kier molecular flexibility index (Phi) is 4.68. The molecule has 4 heteroatoms. The number of carbonyl (C=O) groups is 2. The highest BCUT2D eigenvalue weighted by molar-refractivity contribution is 5.81. The molecule has 0 radical (unpaired) electrons. The van der Waals surface area contributed by atoms with E-state index in [-0.39, 0.29) is 23.5 Å². The highest BCUT2D eigenvalue weighted by Crippen LogP contribution is 2.58. The van der Waals surface area contributed by atoms with Crippen LogP contribution in [0.3, 0.4) is 0 Å². The third-order valence-corrected chi connectivity index (χ3v) is 6.89. The minimum absolute atomic E-state index is 0.0330. The molecule has 2 atom stereocenters. The predicted octanol–water partition coefficient (Wildman–Crippen LogP) is 5.07. The van der Waals surface area contributed by atoms with Gasteiger partial charge in [-0.25, -0.2) is 0 Å². The highest BCUT2D eigenvalue weighted by atomic mass is 16.5. The lowest BCUT2D eigenvalue weighted by Gasteiger charge is -2.43. The van der Waals surface area contributed by atoms with Crippen LogP contribution in [0.5, 0.6) is 5.75 Å². The maximum atomic E-state index is 11.6. The average molecular weight is 380 g/mol. The van der Waals surface area contributed by atoms with E-state index in [4.69, 9.17) is 9.47 Å².